The maximum atomic E-state index is 13.3. The van der Waals surface area contributed by atoms with Gasteiger partial charge in [-0.3, -0.25) is 4.79 Å². The van der Waals surface area contributed by atoms with Gasteiger partial charge >= 0.3 is 0 Å². The zero-order valence-electron chi connectivity index (χ0n) is 18.8. The van der Waals surface area contributed by atoms with Crippen molar-refractivity contribution >= 4 is 56.2 Å². The molecule has 6 nitrogen and oxygen atoms in total. The van der Waals surface area contributed by atoms with Crippen LogP contribution in [0, 0.1) is 0 Å². The van der Waals surface area contributed by atoms with Gasteiger partial charge in [-0.1, -0.05) is 52.7 Å². The topological polar surface area (TPSA) is 68.4 Å². The standard InChI is InChI=1S/C26H28BrN5OS/c27-20-9-11-22(12-10-20)29-26(34)30-24(19-7-3-1-4-8-19)25(33)28-21-13-15-23(16-14-21)31-32-17-5-2-6-18-32/h1,3-4,7-16,24,31H,2,5-6,17-18H2,(H,28,33)(H2,29,30,34). The first-order valence-electron chi connectivity index (χ1n) is 11.4. The molecule has 4 N–H and O–H groups in total. The Bertz CT molecular complexity index is 1090. The quantitative estimate of drug-likeness (QED) is 0.280. The Morgan fingerprint density at radius 2 is 1.38 bits per heavy atom. The van der Waals surface area contributed by atoms with Crippen molar-refractivity contribution in [3.8, 4) is 0 Å². The largest absolute Gasteiger partial charge is 0.347 e. The molecule has 3 aromatic carbocycles. The fraction of sp³-hybridized carbons (Fsp3) is 0.231. The van der Waals surface area contributed by atoms with Gasteiger partial charge in [0.2, 0.25) is 0 Å². The number of piperidine rings is 1. The highest BCUT2D eigenvalue weighted by Crippen LogP contribution is 2.20. The summed E-state index contributed by atoms with van der Waals surface area (Å²) in [6.07, 6.45) is 3.73. The van der Waals surface area contributed by atoms with E-state index in [0.717, 1.165) is 40.2 Å². The molecule has 1 saturated heterocycles. The molecule has 1 aliphatic heterocycles. The Balaban J connectivity index is 1.41. The monoisotopic (exact) mass is 537 g/mol. The van der Waals surface area contributed by atoms with Crippen LogP contribution >= 0.6 is 28.1 Å². The van der Waals surface area contributed by atoms with Gasteiger partial charge in [0.15, 0.2) is 5.11 Å². The highest BCUT2D eigenvalue weighted by molar-refractivity contribution is 9.10. The maximum absolute atomic E-state index is 13.3. The molecule has 1 atom stereocenters. The van der Waals surface area contributed by atoms with E-state index in [4.69, 9.17) is 12.2 Å². The second-order valence-electron chi connectivity index (χ2n) is 8.18. The molecule has 3 aromatic rings. The van der Waals surface area contributed by atoms with Crippen molar-refractivity contribution in [2.24, 2.45) is 0 Å². The van der Waals surface area contributed by atoms with Gasteiger partial charge in [0.05, 0.1) is 0 Å². The highest BCUT2D eigenvalue weighted by atomic mass is 79.9. The summed E-state index contributed by atoms with van der Waals surface area (Å²) in [4.78, 5) is 13.3. The molecule has 1 unspecified atom stereocenters. The third-order valence-corrected chi connectivity index (χ3v) is 6.32. The first-order chi connectivity index (χ1) is 16.6. The summed E-state index contributed by atoms with van der Waals surface area (Å²) in [5.74, 6) is -0.192. The van der Waals surface area contributed by atoms with Crippen molar-refractivity contribution in [3.63, 3.8) is 0 Å². The first-order valence-corrected chi connectivity index (χ1v) is 12.6. The zero-order valence-corrected chi connectivity index (χ0v) is 21.2. The Kier molecular flexibility index (Phi) is 8.51. The third kappa shape index (κ3) is 7.03. The average Bonchev–Trinajstić information content (AvgIpc) is 2.86. The molecular weight excluding hydrogens is 510 g/mol. The number of halogens is 1. The minimum Gasteiger partial charge on any atom is -0.347 e. The molecule has 0 spiro atoms. The SMILES string of the molecule is O=C(Nc1ccc(NN2CCCCC2)cc1)C(NC(=S)Nc1ccc(Br)cc1)c1ccccc1. The van der Waals surface area contributed by atoms with Crippen LogP contribution in [0.1, 0.15) is 30.9 Å². The molecule has 34 heavy (non-hydrogen) atoms. The number of nitrogens with zero attached hydrogens (tertiary/aromatic N) is 1. The van der Waals surface area contributed by atoms with E-state index in [1.54, 1.807) is 0 Å². The minimum atomic E-state index is -0.650. The van der Waals surface area contributed by atoms with Gasteiger partial charge in [0.25, 0.3) is 5.91 Å². The first kappa shape index (κ1) is 24.2. The number of thiocarbonyl (C=S) groups is 1. The third-order valence-electron chi connectivity index (χ3n) is 5.57. The van der Waals surface area contributed by atoms with Crippen LogP contribution in [-0.2, 0) is 4.79 Å². The minimum absolute atomic E-state index is 0.192. The highest BCUT2D eigenvalue weighted by Gasteiger charge is 2.22. The number of benzene rings is 3. The molecule has 0 radical (unpaired) electrons. The summed E-state index contributed by atoms with van der Waals surface area (Å²) >= 11 is 8.92. The molecule has 1 amide bonds. The Labute approximate surface area is 214 Å². The van der Waals surface area contributed by atoms with Crippen LogP contribution < -0.4 is 21.4 Å². The number of hydrogen-bond acceptors (Lipinski definition) is 4. The van der Waals surface area contributed by atoms with Gasteiger partial charge in [-0.05, 0) is 79.2 Å². The normalized spacial score (nSPS) is 14.6. The van der Waals surface area contributed by atoms with E-state index < -0.39 is 6.04 Å². The van der Waals surface area contributed by atoms with Gasteiger partial charge in [0, 0.05) is 34.6 Å². The van der Waals surface area contributed by atoms with E-state index >= 15 is 0 Å². The predicted octanol–water partition coefficient (Wildman–Crippen LogP) is 5.93. The fourth-order valence-electron chi connectivity index (χ4n) is 3.81. The molecule has 0 aliphatic carbocycles. The molecule has 0 aromatic heterocycles. The van der Waals surface area contributed by atoms with Crippen molar-refractivity contribution < 1.29 is 4.79 Å². The molecule has 4 rings (SSSR count). The molecule has 0 bridgehead atoms. The van der Waals surface area contributed by atoms with Gasteiger partial charge in [-0.2, -0.15) is 0 Å². The van der Waals surface area contributed by atoms with Crippen LogP contribution in [0.2, 0.25) is 0 Å². The van der Waals surface area contributed by atoms with Crippen molar-refractivity contribution in [2.75, 3.05) is 29.1 Å². The number of amides is 1. The van der Waals surface area contributed by atoms with Crippen molar-refractivity contribution in [1.82, 2.24) is 10.3 Å². The second kappa shape index (κ2) is 12.0. The van der Waals surface area contributed by atoms with Crippen LogP contribution in [0.3, 0.4) is 0 Å². The van der Waals surface area contributed by atoms with Crippen molar-refractivity contribution in [1.29, 1.82) is 0 Å². The summed E-state index contributed by atoms with van der Waals surface area (Å²) < 4.78 is 0.982. The fourth-order valence-corrected chi connectivity index (χ4v) is 4.31. The van der Waals surface area contributed by atoms with Crippen LogP contribution in [0.25, 0.3) is 0 Å². The summed E-state index contributed by atoms with van der Waals surface area (Å²) in [6, 6.07) is 24.4. The van der Waals surface area contributed by atoms with Gasteiger partial charge in [-0.25, -0.2) is 5.01 Å². The predicted molar refractivity (Wildman–Crippen MR) is 147 cm³/mol. The summed E-state index contributed by atoms with van der Waals surface area (Å²) in [5.41, 5.74) is 6.84. The molecular formula is C26H28BrN5OS. The van der Waals surface area contributed by atoms with Gasteiger partial charge in [0.1, 0.15) is 6.04 Å². The molecule has 1 heterocycles. The maximum Gasteiger partial charge on any atom is 0.251 e. The lowest BCUT2D eigenvalue weighted by molar-refractivity contribution is -0.117. The van der Waals surface area contributed by atoms with Crippen molar-refractivity contribution in [2.45, 2.75) is 25.3 Å². The molecule has 176 valence electrons. The van der Waals surface area contributed by atoms with E-state index in [0.29, 0.717) is 5.11 Å². The summed E-state index contributed by atoms with van der Waals surface area (Å²) in [6.45, 7) is 2.11. The van der Waals surface area contributed by atoms with E-state index in [9.17, 15) is 4.79 Å². The van der Waals surface area contributed by atoms with E-state index in [-0.39, 0.29) is 5.91 Å². The zero-order chi connectivity index (χ0) is 23.8. The Hall–Kier alpha value is -2.94. The number of carbonyl (C=O) groups is 1. The number of carbonyl (C=O) groups excluding carboxylic acids is 1. The lowest BCUT2D eigenvalue weighted by Gasteiger charge is -2.28. The van der Waals surface area contributed by atoms with Gasteiger partial charge in [-0.15, -0.1) is 0 Å². The summed E-state index contributed by atoms with van der Waals surface area (Å²) in [7, 11) is 0. The van der Waals surface area contributed by atoms with Crippen LogP contribution in [0.15, 0.2) is 83.3 Å². The second-order valence-corrected chi connectivity index (χ2v) is 9.50. The Morgan fingerprint density at radius 1 is 0.794 bits per heavy atom. The lowest BCUT2D eigenvalue weighted by Crippen LogP contribution is -2.39. The number of nitrogens with one attached hydrogen (secondary N) is 4. The summed E-state index contributed by atoms with van der Waals surface area (Å²) in [5, 5.41) is 11.9. The van der Waals surface area contributed by atoms with Gasteiger partial charge < -0.3 is 21.4 Å². The molecule has 1 aliphatic rings. The number of anilines is 3. The molecule has 8 heteroatoms. The number of hydrogen-bond donors (Lipinski definition) is 4. The molecule has 1 fully saturated rings. The van der Waals surface area contributed by atoms with Crippen molar-refractivity contribution in [3.05, 3.63) is 88.9 Å². The molecule has 0 saturated carbocycles. The smallest absolute Gasteiger partial charge is 0.251 e. The van der Waals surface area contributed by atoms with E-state index in [2.05, 4.69) is 42.3 Å². The van der Waals surface area contributed by atoms with Crippen LogP contribution in [0.4, 0.5) is 17.1 Å². The Morgan fingerprint density at radius 3 is 2.06 bits per heavy atom. The van der Waals surface area contributed by atoms with E-state index in [1.807, 2.05) is 78.9 Å². The average molecular weight is 539 g/mol. The van der Waals surface area contributed by atoms with Crippen LogP contribution in [0.5, 0.6) is 0 Å². The lowest BCUT2D eigenvalue weighted by atomic mass is 10.1. The number of hydrazine groups is 1. The van der Waals surface area contributed by atoms with E-state index in [1.165, 1.54) is 19.3 Å². The van der Waals surface area contributed by atoms with Crippen LogP contribution in [-0.4, -0.2) is 29.1 Å². The number of rotatable bonds is 7.